The van der Waals surface area contributed by atoms with Gasteiger partial charge in [0.25, 0.3) is 11.8 Å². The average molecular weight is 324 g/mol. The lowest BCUT2D eigenvalue weighted by Gasteiger charge is -2.03. The van der Waals surface area contributed by atoms with Crippen LogP contribution in [0.3, 0.4) is 0 Å². The molecule has 2 N–H and O–H groups in total. The first kappa shape index (κ1) is 15.6. The van der Waals surface area contributed by atoms with Gasteiger partial charge in [0.1, 0.15) is 22.9 Å². The molecule has 24 heavy (non-hydrogen) atoms. The normalized spacial score (nSPS) is 11.1. The van der Waals surface area contributed by atoms with Gasteiger partial charge in [-0.25, -0.2) is 0 Å². The van der Waals surface area contributed by atoms with Crippen LogP contribution in [0.15, 0.2) is 51.3 Å². The number of aryl methyl sites for hydroxylation is 2. The molecule has 0 aliphatic rings. The zero-order valence-corrected chi connectivity index (χ0v) is 13.3. The Morgan fingerprint density at radius 1 is 1.04 bits per heavy atom. The van der Waals surface area contributed by atoms with Gasteiger partial charge in [0.15, 0.2) is 0 Å². The fourth-order valence-electron chi connectivity index (χ4n) is 2.33. The van der Waals surface area contributed by atoms with E-state index in [-0.39, 0.29) is 0 Å². The average Bonchev–Trinajstić information content (AvgIpc) is 3.12. The molecule has 122 valence electrons. The lowest BCUT2D eigenvalue weighted by atomic mass is 10.2. The maximum absolute atomic E-state index is 11.9. The van der Waals surface area contributed by atoms with Crippen molar-refractivity contribution in [2.24, 2.45) is 0 Å². The van der Waals surface area contributed by atoms with Gasteiger partial charge in [-0.2, -0.15) is 0 Å². The first-order chi connectivity index (χ1) is 11.5. The van der Waals surface area contributed by atoms with Gasteiger partial charge in [0.05, 0.1) is 5.56 Å². The van der Waals surface area contributed by atoms with Crippen molar-refractivity contribution < 1.29 is 18.4 Å². The summed E-state index contributed by atoms with van der Waals surface area (Å²) >= 11 is 0. The van der Waals surface area contributed by atoms with Gasteiger partial charge in [-0.05, 0) is 38.1 Å². The molecule has 0 atom stereocenters. The summed E-state index contributed by atoms with van der Waals surface area (Å²) in [5.41, 5.74) is 5.78. The number of nitrogens with one attached hydrogen (secondary N) is 2. The number of hydrazine groups is 1. The van der Waals surface area contributed by atoms with Crippen LogP contribution in [0.5, 0.6) is 0 Å². The topological polar surface area (TPSA) is 84.5 Å². The molecular formula is C18H16N2O4. The van der Waals surface area contributed by atoms with Crippen LogP contribution in [0, 0.1) is 13.8 Å². The predicted octanol–water partition coefficient (Wildman–Crippen LogP) is 3.12. The number of benzene rings is 1. The van der Waals surface area contributed by atoms with Gasteiger partial charge in [-0.15, -0.1) is 0 Å². The van der Waals surface area contributed by atoms with Crippen molar-refractivity contribution in [3.8, 4) is 0 Å². The predicted molar refractivity (Wildman–Crippen MR) is 89.0 cm³/mol. The van der Waals surface area contributed by atoms with E-state index in [9.17, 15) is 9.59 Å². The second kappa shape index (κ2) is 6.45. The first-order valence-electron chi connectivity index (χ1n) is 7.37. The summed E-state index contributed by atoms with van der Waals surface area (Å²) in [4.78, 5) is 23.7. The third-order valence-corrected chi connectivity index (χ3v) is 3.43. The molecule has 6 nitrogen and oxygen atoms in total. The summed E-state index contributed by atoms with van der Waals surface area (Å²) < 4.78 is 10.8. The molecule has 2 aromatic heterocycles. The number of rotatable bonds is 3. The fourth-order valence-corrected chi connectivity index (χ4v) is 2.33. The highest BCUT2D eigenvalue weighted by atomic mass is 16.3. The largest absolute Gasteiger partial charge is 0.466 e. The standard InChI is InChI=1S/C18H16N2O4/c1-11-9-15(12(2)23-11)18(22)20-19-17(21)8-7-14-10-13-5-3-4-6-16(13)24-14/h3-10H,1-2H3,(H,19,21)(H,20,22)/b8-7+. The van der Waals surface area contributed by atoms with Gasteiger partial charge in [0, 0.05) is 11.5 Å². The number of carbonyl (C=O) groups excluding carboxylic acids is 2. The van der Waals surface area contributed by atoms with E-state index < -0.39 is 11.8 Å². The number of amides is 2. The summed E-state index contributed by atoms with van der Waals surface area (Å²) in [6, 6.07) is 11.0. The summed E-state index contributed by atoms with van der Waals surface area (Å²) in [7, 11) is 0. The van der Waals surface area contributed by atoms with Crippen LogP contribution < -0.4 is 10.9 Å². The molecule has 0 radical (unpaired) electrons. The highest BCUT2D eigenvalue weighted by Crippen LogP contribution is 2.19. The van der Waals surface area contributed by atoms with Crippen LogP contribution in [-0.4, -0.2) is 11.8 Å². The van der Waals surface area contributed by atoms with Crippen molar-refractivity contribution in [3.63, 3.8) is 0 Å². The molecular weight excluding hydrogens is 308 g/mol. The molecule has 3 rings (SSSR count). The molecule has 1 aromatic carbocycles. The SMILES string of the molecule is Cc1cc(C(=O)NNC(=O)/C=C/c2cc3ccccc3o2)c(C)o1. The molecule has 0 saturated carbocycles. The van der Waals surface area contributed by atoms with E-state index >= 15 is 0 Å². The van der Waals surface area contributed by atoms with Gasteiger partial charge in [-0.1, -0.05) is 18.2 Å². The third kappa shape index (κ3) is 3.38. The Balaban J connectivity index is 1.59. The van der Waals surface area contributed by atoms with Crippen LogP contribution in [-0.2, 0) is 4.79 Å². The van der Waals surface area contributed by atoms with Gasteiger partial charge in [-0.3, -0.25) is 20.4 Å². The Morgan fingerprint density at radius 3 is 2.54 bits per heavy atom. The number of hydrogen-bond acceptors (Lipinski definition) is 4. The lowest BCUT2D eigenvalue weighted by Crippen LogP contribution is -2.40. The number of carbonyl (C=O) groups is 2. The van der Waals surface area contributed by atoms with Crippen LogP contribution >= 0.6 is 0 Å². The molecule has 0 fully saturated rings. The number of para-hydroxylation sites is 1. The van der Waals surface area contributed by atoms with Crippen LogP contribution in [0.1, 0.15) is 27.6 Å². The third-order valence-electron chi connectivity index (χ3n) is 3.43. The van der Waals surface area contributed by atoms with Crippen molar-refractivity contribution in [1.29, 1.82) is 0 Å². The van der Waals surface area contributed by atoms with E-state index in [1.54, 1.807) is 19.9 Å². The minimum absolute atomic E-state index is 0.383. The van der Waals surface area contributed by atoms with E-state index in [0.717, 1.165) is 11.0 Å². The maximum atomic E-state index is 11.9. The molecule has 0 spiro atoms. The second-order valence-electron chi connectivity index (χ2n) is 5.29. The van der Waals surface area contributed by atoms with Gasteiger partial charge < -0.3 is 8.83 Å². The van der Waals surface area contributed by atoms with Crippen molar-refractivity contribution in [1.82, 2.24) is 10.9 Å². The minimum Gasteiger partial charge on any atom is -0.466 e. The Hall–Kier alpha value is -3.28. The van der Waals surface area contributed by atoms with E-state index in [1.165, 1.54) is 12.2 Å². The highest BCUT2D eigenvalue weighted by Gasteiger charge is 2.13. The van der Waals surface area contributed by atoms with Crippen molar-refractivity contribution in [2.75, 3.05) is 0 Å². The molecule has 6 heteroatoms. The molecule has 0 aliphatic carbocycles. The Morgan fingerprint density at radius 2 is 1.83 bits per heavy atom. The zero-order valence-electron chi connectivity index (χ0n) is 13.3. The number of hydrogen-bond donors (Lipinski definition) is 2. The van der Waals surface area contributed by atoms with E-state index in [0.29, 0.717) is 22.8 Å². The Labute approximate surface area is 138 Å². The summed E-state index contributed by atoms with van der Waals surface area (Å²) in [6.45, 7) is 3.43. The van der Waals surface area contributed by atoms with Crippen molar-refractivity contribution in [2.45, 2.75) is 13.8 Å². The fraction of sp³-hybridized carbons (Fsp3) is 0.111. The number of furan rings is 2. The van der Waals surface area contributed by atoms with Crippen LogP contribution in [0.25, 0.3) is 17.0 Å². The van der Waals surface area contributed by atoms with E-state index in [1.807, 2.05) is 30.3 Å². The molecule has 0 saturated heterocycles. The molecule has 0 bridgehead atoms. The van der Waals surface area contributed by atoms with Crippen LogP contribution in [0.4, 0.5) is 0 Å². The first-order valence-corrected chi connectivity index (χ1v) is 7.37. The quantitative estimate of drug-likeness (QED) is 0.572. The van der Waals surface area contributed by atoms with E-state index in [2.05, 4.69) is 10.9 Å². The maximum Gasteiger partial charge on any atom is 0.273 e. The highest BCUT2D eigenvalue weighted by molar-refractivity contribution is 5.98. The van der Waals surface area contributed by atoms with E-state index in [4.69, 9.17) is 8.83 Å². The molecule has 2 amide bonds. The zero-order chi connectivity index (χ0) is 17.1. The number of fused-ring (bicyclic) bond motifs is 1. The smallest absolute Gasteiger partial charge is 0.273 e. The van der Waals surface area contributed by atoms with Gasteiger partial charge >= 0.3 is 0 Å². The summed E-state index contributed by atoms with van der Waals surface area (Å²) in [6.07, 6.45) is 2.82. The van der Waals surface area contributed by atoms with Gasteiger partial charge in [0.2, 0.25) is 0 Å². The van der Waals surface area contributed by atoms with Crippen molar-refractivity contribution in [3.05, 3.63) is 65.3 Å². The second-order valence-corrected chi connectivity index (χ2v) is 5.29. The summed E-state index contributed by atoms with van der Waals surface area (Å²) in [5.74, 6) is 0.779. The Bertz CT molecular complexity index is 901. The minimum atomic E-state index is -0.471. The molecule has 0 aliphatic heterocycles. The molecule has 0 unspecified atom stereocenters. The lowest BCUT2D eigenvalue weighted by molar-refractivity contribution is -0.117. The molecule has 3 aromatic rings. The molecule has 2 heterocycles. The van der Waals surface area contributed by atoms with Crippen LogP contribution in [0.2, 0.25) is 0 Å². The monoisotopic (exact) mass is 324 g/mol. The summed E-state index contributed by atoms with van der Waals surface area (Å²) in [5, 5.41) is 0.955. The Kier molecular flexibility index (Phi) is 4.20. The van der Waals surface area contributed by atoms with Crippen molar-refractivity contribution >= 4 is 28.9 Å².